The summed E-state index contributed by atoms with van der Waals surface area (Å²) in [6.07, 6.45) is 12.2. The Balaban J connectivity index is 0.000000116. The zero-order valence-corrected chi connectivity index (χ0v) is 26.0. The Kier molecular flexibility index (Phi) is 7.07. The molecule has 12 nitrogen and oxygen atoms in total. The molecule has 0 bridgehead atoms. The van der Waals surface area contributed by atoms with Crippen LogP contribution in [0.4, 0.5) is 0 Å². The van der Waals surface area contributed by atoms with Crippen LogP contribution >= 0.6 is 27.5 Å². The van der Waals surface area contributed by atoms with Gasteiger partial charge in [-0.3, -0.25) is 19.2 Å². The standard InChI is InChI=1S/C15H13ClN4O.C8H7BrN2O2.C7H9NO2/c16-14-17-6-7-1-2-8-10-9(18-12(8)11(7)19-14)5-15(3-4-15)20-13(10)21;9-5-2-1-4-3-10-8(13)11-6(4)7(5)12;9-5-3-6(10)8-7(4-5)1-2-7/h6,18H,1-5H2,(H,20,21);3,5H,1-2H2,(H,10,11,13);1-4H2,(H,8,10). The number of piperidine rings is 1. The lowest BCUT2D eigenvalue weighted by Gasteiger charge is -2.23. The van der Waals surface area contributed by atoms with Crippen molar-refractivity contribution in [2.45, 2.75) is 86.5 Å². The minimum Gasteiger partial charge on any atom is -0.356 e. The molecule has 1 atom stereocenters. The van der Waals surface area contributed by atoms with Crippen molar-refractivity contribution in [3.05, 3.63) is 61.8 Å². The Bertz CT molecular complexity index is 1790. The van der Waals surface area contributed by atoms with Crippen molar-refractivity contribution in [2.75, 3.05) is 0 Å². The number of nitrogens with zero attached hydrogens (tertiary/aromatic N) is 3. The molecule has 0 radical (unpaired) electrons. The van der Waals surface area contributed by atoms with E-state index in [4.69, 9.17) is 11.6 Å². The van der Waals surface area contributed by atoms with E-state index in [9.17, 15) is 24.0 Å². The number of aryl methyl sites for hydroxylation is 2. The maximum Gasteiger partial charge on any atom is 0.345 e. The third kappa shape index (κ3) is 5.51. The van der Waals surface area contributed by atoms with Crippen LogP contribution in [0.1, 0.15) is 88.2 Å². The van der Waals surface area contributed by atoms with E-state index >= 15 is 0 Å². The van der Waals surface area contributed by atoms with Crippen LogP contribution in [0.25, 0.3) is 11.4 Å². The maximum absolute atomic E-state index is 12.5. The molecule has 2 amide bonds. The number of hydrogen-bond donors (Lipinski definition) is 4. The molecule has 3 aromatic rings. The number of hydrogen-bond acceptors (Lipinski definition) is 8. The fraction of sp³-hybridized carbons (Fsp3) is 0.467. The van der Waals surface area contributed by atoms with Crippen LogP contribution < -0.4 is 16.3 Å². The summed E-state index contributed by atoms with van der Waals surface area (Å²) in [6, 6.07) is 0. The van der Waals surface area contributed by atoms with E-state index in [1.807, 2.05) is 0 Å². The predicted octanol–water partition coefficient (Wildman–Crippen LogP) is 2.70. The summed E-state index contributed by atoms with van der Waals surface area (Å²) in [5.41, 5.74) is 6.60. The lowest BCUT2D eigenvalue weighted by molar-refractivity contribution is -0.132. The van der Waals surface area contributed by atoms with Gasteiger partial charge in [-0.25, -0.2) is 19.7 Å². The van der Waals surface area contributed by atoms with Crippen molar-refractivity contribution in [3.63, 3.8) is 0 Å². The molecule has 3 fully saturated rings. The van der Waals surface area contributed by atoms with E-state index in [1.54, 1.807) is 6.20 Å². The molecule has 44 heavy (non-hydrogen) atoms. The summed E-state index contributed by atoms with van der Waals surface area (Å²) in [4.78, 5) is 74.3. The van der Waals surface area contributed by atoms with Crippen LogP contribution in [0.2, 0.25) is 5.28 Å². The molecule has 0 aromatic carbocycles. The quantitative estimate of drug-likeness (QED) is 0.159. The molecule has 4 aliphatic carbocycles. The first kappa shape index (κ1) is 29.0. The van der Waals surface area contributed by atoms with Crippen molar-refractivity contribution < 1.29 is 19.2 Å². The highest BCUT2D eigenvalue weighted by molar-refractivity contribution is 9.10. The fourth-order valence-electron chi connectivity index (χ4n) is 6.49. The number of carbonyl (C=O) groups excluding carboxylic acids is 4. The van der Waals surface area contributed by atoms with Crippen LogP contribution in [-0.4, -0.2) is 64.2 Å². The van der Waals surface area contributed by atoms with E-state index in [2.05, 4.69) is 51.5 Å². The summed E-state index contributed by atoms with van der Waals surface area (Å²) in [5.74, 6) is 0.0191. The number of ketones is 2. The molecule has 5 heterocycles. The molecule has 1 saturated heterocycles. The van der Waals surface area contributed by atoms with Gasteiger partial charge in [-0.05, 0) is 79.7 Å². The van der Waals surface area contributed by atoms with Crippen LogP contribution in [0, 0.1) is 0 Å². The summed E-state index contributed by atoms with van der Waals surface area (Å²) in [7, 11) is 0. The zero-order valence-electron chi connectivity index (χ0n) is 23.6. The van der Waals surface area contributed by atoms with Gasteiger partial charge < -0.3 is 20.6 Å². The molecule has 6 aliphatic rings. The zero-order chi connectivity index (χ0) is 30.8. The molecule has 14 heteroatoms. The summed E-state index contributed by atoms with van der Waals surface area (Å²) in [5, 5.41) is 6.26. The van der Waals surface area contributed by atoms with Gasteiger partial charge >= 0.3 is 5.69 Å². The lowest BCUT2D eigenvalue weighted by atomic mass is 9.90. The number of rotatable bonds is 0. The SMILES string of the molecule is O=C1CC(=O)NC2(CC2)C1.O=C1NC2(CC2)Cc2[nH]c3c(c21)CCc1cnc(Cl)nc1-3.O=C1c2[nH]c(=O)ncc2CCC1Br. The normalized spacial score (nSPS) is 22.5. The Morgan fingerprint density at radius 3 is 2.30 bits per heavy atom. The minimum atomic E-state index is -0.464. The topological polar surface area (TPSA) is 180 Å². The first-order chi connectivity index (χ1) is 21.0. The molecule has 3 aromatic heterocycles. The molecule has 2 aliphatic heterocycles. The van der Waals surface area contributed by atoms with Crippen molar-refractivity contribution in [2.24, 2.45) is 0 Å². The highest BCUT2D eigenvalue weighted by Gasteiger charge is 2.50. The van der Waals surface area contributed by atoms with E-state index in [0.717, 1.165) is 97.1 Å². The van der Waals surface area contributed by atoms with Gasteiger partial charge in [0.1, 0.15) is 5.78 Å². The predicted molar refractivity (Wildman–Crippen MR) is 162 cm³/mol. The number of aromatic amines is 2. The molecule has 9 rings (SSSR count). The Morgan fingerprint density at radius 2 is 1.57 bits per heavy atom. The average molecular weight is 683 g/mol. The van der Waals surface area contributed by atoms with E-state index < -0.39 is 5.69 Å². The van der Waals surface area contributed by atoms with Crippen LogP contribution in [0.15, 0.2) is 17.2 Å². The molecule has 4 N–H and O–H groups in total. The van der Waals surface area contributed by atoms with E-state index in [-0.39, 0.29) is 51.0 Å². The smallest absolute Gasteiger partial charge is 0.345 e. The second-order valence-electron chi connectivity index (χ2n) is 12.4. The van der Waals surface area contributed by atoms with Gasteiger partial charge in [-0.1, -0.05) is 15.9 Å². The first-order valence-corrected chi connectivity index (χ1v) is 16.0. The monoisotopic (exact) mass is 681 g/mol. The number of nitrogens with one attached hydrogen (secondary N) is 4. The van der Waals surface area contributed by atoms with Gasteiger partial charge in [-0.15, -0.1) is 0 Å². The summed E-state index contributed by atoms with van der Waals surface area (Å²) in [6.45, 7) is 0. The van der Waals surface area contributed by atoms with Crippen molar-refractivity contribution in [1.82, 2.24) is 35.6 Å². The lowest BCUT2D eigenvalue weighted by Crippen LogP contribution is -2.44. The van der Waals surface area contributed by atoms with Gasteiger partial charge in [-0.2, -0.15) is 0 Å². The van der Waals surface area contributed by atoms with Crippen LogP contribution in [0.5, 0.6) is 0 Å². The van der Waals surface area contributed by atoms with Crippen LogP contribution in [-0.2, 0) is 35.3 Å². The second kappa shape index (κ2) is 10.7. The number of Topliss-reactive ketones (excluding diaryl/α,β-unsaturated/α-hetero) is 2. The van der Waals surface area contributed by atoms with Crippen molar-refractivity contribution in [1.29, 1.82) is 0 Å². The fourth-order valence-corrected chi connectivity index (χ4v) is 7.08. The van der Waals surface area contributed by atoms with Gasteiger partial charge in [0.25, 0.3) is 5.91 Å². The third-order valence-corrected chi connectivity index (χ3v) is 10.2. The largest absolute Gasteiger partial charge is 0.356 e. The van der Waals surface area contributed by atoms with E-state index in [1.165, 1.54) is 6.20 Å². The second-order valence-corrected chi connectivity index (χ2v) is 13.9. The molecular formula is C30H29BrClN7O5. The number of amides is 2. The van der Waals surface area contributed by atoms with Gasteiger partial charge in [0.2, 0.25) is 11.2 Å². The molecule has 2 saturated carbocycles. The van der Waals surface area contributed by atoms with Crippen molar-refractivity contribution in [3.8, 4) is 11.4 Å². The number of alkyl halides is 1. The van der Waals surface area contributed by atoms with E-state index in [0.29, 0.717) is 12.1 Å². The number of aromatic nitrogens is 5. The highest BCUT2D eigenvalue weighted by Crippen LogP contribution is 2.45. The maximum atomic E-state index is 12.5. The molecule has 228 valence electrons. The number of fused-ring (bicyclic) bond motifs is 6. The number of halogens is 2. The van der Waals surface area contributed by atoms with Crippen molar-refractivity contribution >= 4 is 50.9 Å². The Hall–Kier alpha value is -3.71. The van der Waals surface area contributed by atoms with Crippen LogP contribution in [0.3, 0.4) is 0 Å². The minimum absolute atomic E-state index is 0.0175. The highest BCUT2D eigenvalue weighted by atomic mass is 79.9. The third-order valence-electron chi connectivity index (χ3n) is 9.11. The average Bonchev–Trinajstić information content (AvgIpc) is 3.87. The summed E-state index contributed by atoms with van der Waals surface area (Å²) < 4.78 is 0. The molecule has 1 unspecified atom stereocenters. The first-order valence-electron chi connectivity index (χ1n) is 14.7. The van der Waals surface area contributed by atoms with Gasteiger partial charge in [0, 0.05) is 42.0 Å². The summed E-state index contributed by atoms with van der Waals surface area (Å²) >= 11 is 9.19. The molecule has 2 spiro atoms. The van der Waals surface area contributed by atoms with Gasteiger partial charge in [0.05, 0.1) is 33.9 Å². The molecular weight excluding hydrogens is 654 g/mol. The van der Waals surface area contributed by atoms with Gasteiger partial charge in [0.15, 0.2) is 5.78 Å². The number of carbonyl (C=O) groups is 4. The number of H-pyrrole nitrogens is 2. The Morgan fingerprint density at radius 1 is 0.841 bits per heavy atom. The Labute approximate surface area is 264 Å².